The molecule has 0 N–H and O–H groups in total. The van der Waals surface area contributed by atoms with Crippen LogP contribution in [0.4, 0.5) is 0 Å². The highest BCUT2D eigenvalue weighted by atomic mass is 16.5. The minimum absolute atomic E-state index is 0.416. The second kappa shape index (κ2) is 2.47. The second-order valence-electron chi connectivity index (χ2n) is 3.65. The van der Waals surface area contributed by atoms with Gasteiger partial charge in [-0.3, -0.25) is 0 Å². The zero-order valence-electron chi connectivity index (χ0n) is 7.50. The van der Waals surface area contributed by atoms with Crippen molar-refractivity contribution in [2.75, 3.05) is 7.11 Å². The number of methoxy groups -OCH3 is 1. The van der Waals surface area contributed by atoms with Gasteiger partial charge in [-0.1, -0.05) is 13.0 Å². The molecule has 0 amide bonds. The van der Waals surface area contributed by atoms with E-state index in [1.54, 1.807) is 7.11 Å². The Hall–Kier alpha value is -1.05. The van der Waals surface area contributed by atoms with Gasteiger partial charge in [-0.05, 0) is 23.8 Å². The van der Waals surface area contributed by atoms with Crippen molar-refractivity contribution in [1.29, 1.82) is 0 Å². The molecule has 1 fully saturated rings. The van der Waals surface area contributed by atoms with Crippen molar-refractivity contribution in [2.45, 2.75) is 25.2 Å². The Balaban J connectivity index is 2.25. The molecule has 2 rings (SSSR count). The standard InChI is InChI=1S/C10H13NO/c1-10(5-6-10)8-3-4-9(12-2)11-7-8/h3-4,7H,5-6H2,1-2H3. The third-order valence-corrected chi connectivity index (χ3v) is 2.64. The molecule has 0 unspecified atom stereocenters. The van der Waals surface area contributed by atoms with E-state index in [0.29, 0.717) is 11.3 Å². The van der Waals surface area contributed by atoms with E-state index in [0.717, 1.165) is 0 Å². The molecule has 1 heterocycles. The van der Waals surface area contributed by atoms with Crippen molar-refractivity contribution in [1.82, 2.24) is 4.98 Å². The lowest BCUT2D eigenvalue weighted by Crippen LogP contribution is -2.00. The first kappa shape index (κ1) is 7.59. The van der Waals surface area contributed by atoms with Crippen molar-refractivity contribution >= 4 is 0 Å². The molecule has 0 spiro atoms. The number of hydrogen-bond acceptors (Lipinski definition) is 2. The molecule has 1 aromatic heterocycles. The van der Waals surface area contributed by atoms with Crippen LogP contribution in [0.3, 0.4) is 0 Å². The van der Waals surface area contributed by atoms with Crippen LogP contribution in [0.5, 0.6) is 5.88 Å². The number of pyridine rings is 1. The van der Waals surface area contributed by atoms with Crippen LogP contribution in [0.25, 0.3) is 0 Å². The molecule has 0 aromatic carbocycles. The summed E-state index contributed by atoms with van der Waals surface area (Å²) in [6, 6.07) is 4.04. The lowest BCUT2D eigenvalue weighted by atomic mass is 10.0. The Kier molecular flexibility index (Phi) is 1.56. The fraction of sp³-hybridized carbons (Fsp3) is 0.500. The zero-order valence-corrected chi connectivity index (χ0v) is 7.50. The highest BCUT2D eigenvalue weighted by Crippen LogP contribution is 2.47. The van der Waals surface area contributed by atoms with Crippen molar-refractivity contribution in [3.05, 3.63) is 23.9 Å². The Morgan fingerprint density at radius 1 is 1.42 bits per heavy atom. The van der Waals surface area contributed by atoms with Gasteiger partial charge in [0.2, 0.25) is 5.88 Å². The molecule has 0 aliphatic heterocycles. The maximum absolute atomic E-state index is 4.99. The first-order chi connectivity index (χ1) is 5.74. The third-order valence-electron chi connectivity index (χ3n) is 2.64. The van der Waals surface area contributed by atoms with E-state index in [1.807, 2.05) is 12.3 Å². The van der Waals surface area contributed by atoms with Crippen LogP contribution in [0.15, 0.2) is 18.3 Å². The van der Waals surface area contributed by atoms with Gasteiger partial charge in [0.15, 0.2) is 0 Å². The van der Waals surface area contributed by atoms with Crippen molar-refractivity contribution in [2.24, 2.45) is 0 Å². The summed E-state index contributed by atoms with van der Waals surface area (Å²) in [5.41, 5.74) is 1.75. The van der Waals surface area contributed by atoms with Gasteiger partial charge >= 0.3 is 0 Å². The van der Waals surface area contributed by atoms with E-state index in [4.69, 9.17) is 4.74 Å². The Bertz CT molecular complexity index is 274. The highest BCUT2D eigenvalue weighted by molar-refractivity contribution is 5.29. The average molecular weight is 163 g/mol. The van der Waals surface area contributed by atoms with Crippen LogP contribution in [0.2, 0.25) is 0 Å². The Labute approximate surface area is 72.6 Å². The number of rotatable bonds is 2. The van der Waals surface area contributed by atoms with E-state index in [-0.39, 0.29) is 0 Å². The van der Waals surface area contributed by atoms with Crippen molar-refractivity contribution < 1.29 is 4.74 Å². The number of hydrogen-bond donors (Lipinski definition) is 0. The minimum atomic E-state index is 0.416. The molecule has 12 heavy (non-hydrogen) atoms. The van der Waals surface area contributed by atoms with Gasteiger partial charge in [0, 0.05) is 12.3 Å². The minimum Gasteiger partial charge on any atom is -0.481 e. The smallest absolute Gasteiger partial charge is 0.212 e. The van der Waals surface area contributed by atoms with E-state index >= 15 is 0 Å². The Morgan fingerprint density at radius 2 is 2.17 bits per heavy atom. The van der Waals surface area contributed by atoms with Gasteiger partial charge in [0.05, 0.1) is 7.11 Å². The van der Waals surface area contributed by atoms with Gasteiger partial charge in [-0.25, -0.2) is 4.98 Å². The molecule has 1 saturated carbocycles. The van der Waals surface area contributed by atoms with Crippen LogP contribution >= 0.6 is 0 Å². The molecule has 0 saturated heterocycles. The summed E-state index contributed by atoms with van der Waals surface area (Å²) in [6.07, 6.45) is 4.51. The average Bonchev–Trinajstić information content (AvgIpc) is 2.85. The summed E-state index contributed by atoms with van der Waals surface area (Å²) < 4.78 is 4.99. The summed E-state index contributed by atoms with van der Waals surface area (Å²) in [5, 5.41) is 0. The number of aromatic nitrogens is 1. The molecule has 1 aliphatic rings. The second-order valence-corrected chi connectivity index (χ2v) is 3.65. The first-order valence-electron chi connectivity index (χ1n) is 4.25. The molecular weight excluding hydrogens is 150 g/mol. The van der Waals surface area contributed by atoms with E-state index in [2.05, 4.69) is 18.0 Å². The van der Waals surface area contributed by atoms with Crippen molar-refractivity contribution in [3.63, 3.8) is 0 Å². The molecule has 0 radical (unpaired) electrons. The topological polar surface area (TPSA) is 22.1 Å². The molecule has 64 valence electrons. The van der Waals surface area contributed by atoms with Gasteiger partial charge in [-0.2, -0.15) is 0 Å². The van der Waals surface area contributed by atoms with Gasteiger partial charge in [0.1, 0.15) is 0 Å². The summed E-state index contributed by atoms with van der Waals surface area (Å²) in [7, 11) is 1.64. The monoisotopic (exact) mass is 163 g/mol. The van der Waals surface area contributed by atoms with Crippen molar-refractivity contribution in [3.8, 4) is 5.88 Å². The molecule has 0 atom stereocenters. The fourth-order valence-electron chi connectivity index (χ4n) is 1.33. The van der Waals surface area contributed by atoms with Crippen LogP contribution in [-0.2, 0) is 5.41 Å². The van der Waals surface area contributed by atoms with E-state index < -0.39 is 0 Å². The predicted molar refractivity (Wildman–Crippen MR) is 47.4 cm³/mol. The lowest BCUT2D eigenvalue weighted by molar-refractivity contribution is 0.397. The maximum Gasteiger partial charge on any atom is 0.212 e. The molecule has 2 heteroatoms. The van der Waals surface area contributed by atoms with Gasteiger partial charge < -0.3 is 4.74 Å². The summed E-state index contributed by atoms with van der Waals surface area (Å²) in [6.45, 7) is 2.27. The van der Waals surface area contributed by atoms with Crippen LogP contribution in [0.1, 0.15) is 25.3 Å². The molecule has 1 aromatic rings. The largest absolute Gasteiger partial charge is 0.481 e. The number of ether oxygens (including phenoxy) is 1. The highest BCUT2D eigenvalue weighted by Gasteiger charge is 2.39. The quantitative estimate of drug-likeness (QED) is 0.666. The molecule has 2 nitrogen and oxygen atoms in total. The summed E-state index contributed by atoms with van der Waals surface area (Å²) >= 11 is 0. The maximum atomic E-state index is 4.99. The van der Waals surface area contributed by atoms with Crippen LogP contribution < -0.4 is 4.74 Å². The normalized spacial score (nSPS) is 18.8. The predicted octanol–water partition coefficient (Wildman–Crippen LogP) is 2.14. The SMILES string of the molecule is COc1ccc(C2(C)CC2)cn1. The fourth-order valence-corrected chi connectivity index (χ4v) is 1.33. The lowest BCUT2D eigenvalue weighted by Gasteiger charge is -2.07. The number of nitrogens with zero attached hydrogens (tertiary/aromatic N) is 1. The summed E-state index contributed by atoms with van der Waals surface area (Å²) in [5.74, 6) is 0.697. The Morgan fingerprint density at radius 3 is 2.58 bits per heavy atom. The first-order valence-corrected chi connectivity index (χ1v) is 4.25. The zero-order chi connectivity index (χ0) is 8.60. The molecule has 0 bridgehead atoms. The van der Waals surface area contributed by atoms with Crippen LogP contribution in [0, 0.1) is 0 Å². The molecular formula is C10H13NO. The van der Waals surface area contributed by atoms with Gasteiger partial charge in [0.25, 0.3) is 0 Å². The van der Waals surface area contributed by atoms with E-state index in [1.165, 1.54) is 18.4 Å². The summed E-state index contributed by atoms with van der Waals surface area (Å²) in [4.78, 5) is 4.18. The molecule has 1 aliphatic carbocycles. The van der Waals surface area contributed by atoms with Gasteiger partial charge in [-0.15, -0.1) is 0 Å². The van der Waals surface area contributed by atoms with E-state index in [9.17, 15) is 0 Å². The van der Waals surface area contributed by atoms with Crippen LogP contribution in [-0.4, -0.2) is 12.1 Å². The third kappa shape index (κ3) is 1.17.